The smallest absolute Gasteiger partial charge is 0.222 e. The number of nitrogens with one attached hydrogen (secondary N) is 2. The molecule has 2 heterocycles. The predicted octanol–water partition coefficient (Wildman–Crippen LogP) is 1.63. The van der Waals surface area contributed by atoms with Crippen LogP contribution in [0.5, 0.6) is 0 Å². The third-order valence-corrected chi connectivity index (χ3v) is 6.88. The number of carbonyl (C=O) groups excluding carboxylic acids is 2. The van der Waals surface area contributed by atoms with E-state index in [1.54, 1.807) is 7.11 Å². The molecule has 2 amide bonds. The Morgan fingerprint density at radius 1 is 1.19 bits per heavy atom. The predicted molar refractivity (Wildman–Crippen MR) is 117 cm³/mol. The summed E-state index contributed by atoms with van der Waals surface area (Å²) in [6.45, 7) is 5.48. The summed E-state index contributed by atoms with van der Waals surface area (Å²) in [7, 11) is 1.62. The molecule has 1 aromatic carbocycles. The number of hydrogen-bond acceptors (Lipinski definition) is 5. The van der Waals surface area contributed by atoms with Gasteiger partial charge in [-0.2, -0.15) is 0 Å². The van der Waals surface area contributed by atoms with Crippen LogP contribution >= 0.6 is 0 Å². The van der Waals surface area contributed by atoms with Crippen molar-refractivity contribution in [2.24, 2.45) is 11.8 Å². The first-order valence-electron chi connectivity index (χ1n) is 11.5. The first-order valence-corrected chi connectivity index (χ1v) is 11.5. The molecular weight excluding hydrogens is 394 g/mol. The molecule has 0 unspecified atom stereocenters. The Kier molecular flexibility index (Phi) is 7.25. The second-order valence-electron chi connectivity index (χ2n) is 9.23. The standard InChI is InChI=1S/C24H35N3O4/c1-16-5-3-4-6-17(16)13-27-14-18(11-23(29)26-19-7-8-19)24-20(27)15-31-21(24)12-22(28)25-9-10-30-2/h3-6,18-21,24H,7-15H2,1-2H3,(H,25,28)(H,26,29)/t18-,20-,21+,24-/m1/s1. The van der Waals surface area contributed by atoms with Gasteiger partial charge in [0, 0.05) is 51.2 Å². The third kappa shape index (κ3) is 5.64. The molecule has 4 atom stereocenters. The van der Waals surface area contributed by atoms with Crippen LogP contribution in [0.25, 0.3) is 0 Å². The first kappa shape index (κ1) is 22.2. The Balaban J connectivity index is 1.43. The van der Waals surface area contributed by atoms with Crippen molar-refractivity contribution in [3.8, 4) is 0 Å². The molecule has 7 heteroatoms. The normalized spacial score (nSPS) is 27.8. The van der Waals surface area contributed by atoms with E-state index in [9.17, 15) is 9.59 Å². The Morgan fingerprint density at radius 2 is 2.00 bits per heavy atom. The van der Waals surface area contributed by atoms with E-state index in [2.05, 4.69) is 46.7 Å². The van der Waals surface area contributed by atoms with Crippen LogP contribution in [0.1, 0.15) is 36.8 Å². The summed E-state index contributed by atoms with van der Waals surface area (Å²) >= 11 is 0. The van der Waals surface area contributed by atoms with Crippen molar-refractivity contribution in [3.63, 3.8) is 0 Å². The van der Waals surface area contributed by atoms with E-state index in [-0.39, 0.29) is 35.8 Å². The largest absolute Gasteiger partial charge is 0.383 e. The van der Waals surface area contributed by atoms with Crippen LogP contribution < -0.4 is 10.6 Å². The lowest BCUT2D eigenvalue weighted by Crippen LogP contribution is -2.36. The molecule has 0 radical (unpaired) electrons. The fourth-order valence-corrected chi connectivity index (χ4v) is 5.10. The number of rotatable bonds is 10. The van der Waals surface area contributed by atoms with Gasteiger partial charge < -0.3 is 20.1 Å². The van der Waals surface area contributed by atoms with Gasteiger partial charge in [0.05, 0.1) is 25.7 Å². The summed E-state index contributed by atoms with van der Waals surface area (Å²) in [5.41, 5.74) is 2.59. The number of carbonyl (C=O) groups is 2. The van der Waals surface area contributed by atoms with E-state index in [0.29, 0.717) is 38.6 Å². The topological polar surface area (TPSA) is 79.9 Å². The minimum Gasteiger partial charge on any atom is -0.383 e. The lowest BCUT2D eigenvalue weighted by atomic mass is 9.84. The van der Waals surface area contributed by atoms with Gasteiger partial charge in [-0.3, -0.25) is 14.5 Å². The average molecular weight is 430 g/mol. The van der Waals surface area contributed by atoms with Gasteiger partial charge in [0.2, 0.25) is 11.8 Å². The molecular formula is C24H35N3O4. The van der Waals surface area contributed by atoms with Crippen LogP contribution in [0.4, 0.5) is 0 Å². The van der Waals surface area contributed by atoms with E-state index >= 15 is 0 Å². The minimum atomic E-state index is -0.145. The Hall–Kier alpha value is -1.96. The van der Waals surface area contributed by atoms with Crippen LogP contribution in [0.2, 0.25) is 0 Å². The number of aryl methyl sites for hydroxylation is 1. The van der Waals surface area contributed by atoms with Crippen molar-refractivity contribution >= 4 is 11.8 Å². The molecule has 3 aliphatic rings. The summed E-state index contributed by atoms with van der Waals surface area (Å²) in [6.07, 6.45) is 2.88. The Labute approximate surface area is 184 Å². The van der Waals surface area contributed by atoms with Crippen molar-refractivity contribution in [2.75, 3.05) is 33.4 Å². The highest BCUT2D eigenvalue weighted by Gasteiger charge is 2.51. The summed E-state index contributed by atoms with van der Waals surface area (Å²) in [5, 5.41) is 6.03. The summed E-state index contributed by atoms with van der Waals surface area (Å²) < 4.78 is 11.1. The SMILES string of the molecule is COCCNC(=O)C[C@@H]1OC[C@@H]2[C@H]1[C@H](CC(=O)NC1CC1)CN2Cc1ccccc1C. The monoisotopic (exact) mass is 429 g/mol. The number of benzene rings is 1. The summed E-state index contributed by atoms with van der Waals surface area (Å²) in [5.74, 6) is 0.523. The molecule has 0 aromatic heterocycles. The zero-order valence-corrected chi connectivity index (χ0v) is 18.6. The molecule has 2 N–H and O–H groups in total. The third-order valence-electron chi connectivity index (χ3n) is 6.88. The molecule has 2 aliphatic heterocycles. The molecule has 1 saturated carbocycles. The molecule has 1 aromatic rings. The summed E-state index contributed by atoms with van der Waals surface area (Å²) in [6, 6.07) is 9.07. The molecule has 7 nitrogen and oxygen atoms in total. The maximum absolute atomic E-state index is 12.6. The van der Waals surface area contributed by atoms with Gasteiger partial charge in [0.1, 0.15) is 0 Å². The average Bonchev–Trinajstić information content (AvgIpc) is 3.35. The van der Waals surface area contributed by atoms with E-state index in [1.165, 1.54) is 11.1 Å². The van der Waals surface area contributed by atoms with Crippen molar-refractivity contribution in [1.29, 1.82) is 0 Å². The van der Waals surface area contributed by atoms with E-state index < -0.39 is 0 Å². The molecule has 2 saturated heterocycles. The van der Waals surface area contributed by atoms with Crippen molar-refractivity contribution < 1.29 is 19.1 Å². The fourth-order valence-electron chi connectivity index (χ4n) is 5.10. The van der Waals surface area contributed by atoms with Gasteiger partial charge >= 0.3 is 0 Å². The second kappa shape index (κ2) is 10.1. The van der Waals surface area contributed by atoms with Crippen LogP contribution in [0.3, 0.4) is 0 Å². The molecule has 3 fully saturated rings. The molecule has 0 spiro atoms. The maximum Gasteiger partial charge on any atom is 0.222 e. The van der Waals surface area contributed by atoms with Crippen molar-refractivity contribution in [3.05, 3.63) is 35.4 Å². The van der Waals surface area contributed by atoms with E-state index in [0.717, 1.165) is 25.9 Å². The molecule has 1 aliphatic carbocycles. The quantitative estimate of drug-likeness (QED) is 0.553. The highest BCUT2D eigenvalue weighted by Crippen LogP contribution is 2.42. The number of methoxy groups -OCH3 is 1. The molecule has 0 bridgehead atoms. The van der Waals surface area contributed by atoms with Crippen molar-refractivity contribution in [1.82, 2.24) is 15.5 Å². The maximum atomic E-state index is 12.6. The number of ether oxygens (including phenoxy) is 2. The zero-order valence-electron chi connectivity index (χ0n) is 18.6. The number of hydrogen-bond donors (Lipinski definition) is 2. The van der Waals surface area contributed by atoms with Gasteiger partial charge in [0.15, 0.2) is 0 Å². The highest BCUT2D eigenvalue weighted by molar-refractivity contribution is 5.77. The van der Waals surface area contributed by atoms with Crippen molar-refractivity contribution in [2.45, 2.75) is 57.3 Å². The number of fused-ring (bicyclic) bond motifs is 1. The van der Waals surface area contributed by atoms with Crippen LogP contribution in [-0.4, -0.2) is 68.3 Å². The number of likely N-dealkylation sites (tertiary alicyclic amines) is 1. The highest BCUT2D eigenvalue weighted by atomic mass is 16.5. The summed E-state index contributed by atoms with van der Waals surface area (Å²) in [4.78, 5) is 27.5. The van der Waals surface area contributed by atoms with E-state index in [4.69, 9.17) is 9.47 Å². The fraction of sp³-hybridized carbons (Fsp3) is 0.667. The minimum absolute atomic E-state index is 0.0127. The lowest BCUT2D eigenvalue weighted by Gasteiger charge is -2.23. The van der Waals surface area contributed by atoms with Gasteiger partial charge in [-0.25, -0.2) is 0 Å². The van der Waals surface area contributed by atoms with Gasteiger partial charge in [0.25, 0.3) is 0 Å². The first-order chi connectivity index (χ1) is 15.0. The van der Waals surface area contributed by atoms with Crippen LogP contribution in [-0.2, 0) is 25.6 Å². The number of amides is 2. The Bertz CT molecular complexity index is 782. The van der Waals surface area contributed by atoms with Gasteiger partial charge in [-0.05, 0) is 36.8 Å². The van der Waals surface area contributed by atoms with Gasteiger partial charge in [-0.15, -0.1) is 0 Å². The van der Waals surface area contributed by atoms with E-state index in [1.807, 2.05) is 0 Å². The molecule has 31 heavy (non-hydrogen) atoms. The van der Waals surface area contributed by atoms with Gasteiger partial charge in [-0.1, -0.05) is 24.3 Å². The lowest BCUT2D eigenvalue weighted by molar-refractivity contribution is -0.124. The van der Waals surface area contributed by atoms with Crippen LogP contribution in [0.15, 0.2) is 24.3 Å². The Morgan fingerprint density at radius 3 is 2.74 bits per heavy atom. The second-order valence-corrected chi connectivity index (χ2v) is 9.23. The van der Waals surface area contributed by atoms with Crippen LogP contribution in [0, 0.1) is 18.8 Å². The molecule has 170 valence electrons. The number of nitrogens with zero attached hydrogens (tertiary/aromatic N) is 1. The zero-order chi connectivity index (χ0) is 21.8. The molecule has 4 rings (SSSR count).